The molecule has 0 bridgehead atoms. The second kappa shape index (κ2) is 6.41. The molecule has 0 amide bonds. The van der Waals surface area contributed by atoms with Gasteiger partial charge in [0, 0.05) is 43.9 Å². The molecule has 0 spiro atoms. The first-order valence-corrected chi connectivity index (χ1v) is 7.63. The zero-order valence-corrected chi connectivity index (χ0v) is 12.8. The van der Waals surface area contributed by atoms with Crippen molar-refractivity contribution in [2.45, 2.75) is 25.4 Å². The SMILES string of the molecule is CNCc1cc(N(C)C2CCOCC2)c2ccccc2n1. The molecule has 1 aromatic carbocycles. The molecular formula is C17H23N3O. The summed E-state index contributed by atoms with van der Waals surface area (Å²) in [6.45, 7) is 2.52. The lowest BCUT2D eigenvalue weighted by atomic mass is 10.0. The number of benzene rings is 1. The van der Waals surface area contributed by atoms with E-state index in [1.54, 1.807) is 0 Å². The third-order valence-corrected chi connectivity index (χ3v) is 4.22. The van der Waals surface area contributed by atoms with Gasteiger partial charge >= 0.3 is 0 Å². The van der Waals surface area contributed by atoms with Crippen molar-refractivity contribution >= 4 is 16.6 Å². The summed E-state index contributed by atoms with van der Waals surface area (Å²) in [5.41, 5.74) is 3.43. The van der Waals surface area contributed by atoms with E-state index in [0.29, 0.717) is 6.04 Å². The maximum absolute atomic E-state index is 5.49. The van der Waals surface area contributed by atoms with Crippen molar-refractivity contribution in [1.82, 2.24) is 10.3 Å². The molecule has 2 aromatic rings. The van der Waals surface area contributed by atoms with E-state index < -0.39 is 0 Å². The van der Waals surface area contributed by atoms with Crippen molar-refractivity contribution in [2.24, 2.45) is 0 Å². The predicted molar refractivity (Wildman–Crippen MR) is 86.8 cm³/mol. The molecule has 0 aliphatic carbocycles. The van der Waals surface area contributed by atoms with E-state index in [2.05, 4.69) is 47.6 Å². The summed E-state index contributed by atoms with van der Waals surface area (Å²) in [5.74, 6) is 0. The predicted octanol–water partition coefficient (Wildman–Crippen LogP) is 2.57. The van der Waals surface area contributed by atoms with Gasteiger partial charge in [-0.1, -0.05) is 18.2 Å². The van der Waals surface area contributed by atoms with Gasteiger partial charge in [-0.15, -0.1) is 0 Å². The second-order valence-electron chi connectivity index (χ2n) is 5.63. The first kappa shape index (κ1) is 14.3. The number of anilines is 1. The Morgan fingerprint density at radius 3 is 2.81 bits per heavy atom. The van der Waals surface area contributed by atoms with Gasteiger partial charge in [-0.2, -0.15) is 0 Å². The lowest BCUT2D eigenvalue weighted by Gasteiger charge is -2.33. The number of nitrogens with zero attached hydrogens (tertiary/aromatic N) is 2. The van der Waals surface area contributed by atoms with Crippen LogP contribution in [0.1, 0.15) is 18.5 Å². The third-order valence-electron chi connectivity index (χ3n) is 4.22. The minimum Gasteiger partial charge on any atom is -0.381 e. The first-order valence-electron chi connectivity index (χ1n) is 7.63. The Kier molecular flexibility index (Phi) is 4.36. The topological polar surface area (TPSA) is 37.4 Å². The molecule has 1 aliphatic rings. The Balaban J connectivity index is 2.01. The molecular weight excluding hydrogens is 262 g/mol. The van der Waals surface area contributed by atoms with Crippen molar-refractivity contribution in [1.29, 1.82) is 0 Å². The van der Waals surface area contributed by atoms with Gasteiger partial charge < -0.3 is 15.0 Å². The van der Waals surface area contributed by atoms with Gasteiger partial charge in [0.05, 0.1) is 11.2 Å². The zero-order chi connectivity index (χ0) is 14.7. The molecule has 1 saturated heterocycles. The number of hydrogen-bond acceptors (Lipinski definition) is 4. The average molecular weight is 285 g/mol. The number of fused-ring (bicyclic) bond motifs is 1. The molecule has 3 rings (SSSR count). The van der Waals surface area contributed by atoms with Gasteiger partial charge in [-0.05, 0) is 32.0 Å². The van der Waals surface area contributed by atoms with Crippen LogP contribution < -0.4 is 10.2 Å². The number of hydrogen-bond donors (Lipinski definition) is 1. The molecule has 1 N–H and O–H groups in total. The highest BCUT2D eigenvalue weighted by atomic mass is 16.5. The Bertz CT molecular complexity index is 608. The van der Waals surface area contributed by atoms with E-state index in [9.17, 15) is 0 Å². The van der Waals surface area contributed by atoms with Crippen LogP contribution in [0.15, 0.2) is 30.3 Å². The Labute approximate surface area is 126 Å². The normalized spacial score (nSPS) is 16.3. The van der Waals surface area contributed by atoms with Crippen LogP contribution in [0, 0.1) is 0 Å². The molecule has 2 heterocycles. The molecule has 0 unspecified atom stereocenters. The minimum absolute atomic E-state index is 0.548. The second-order valence-corrected chi connectivity index (χ2v) is 5.63. The Morgan fingerprint density at radius 2 is 2.05 bits per heavy atom. The largest absolute Gasteiger partial charge is 0.381 e. The summed E-state index contributed by atoms with van der Waals surface area (Å²) < 4.78 is 5.49. The summed E-state index contributed by atoms with van der Waals surface area (Å²) in [6, 6.07) is 11.2. The molecule has 0 radical (unpaired) electrons. The van der Waals surface area contributed by atoms with E-state index in [-0.39, 0.29) is 0 Å². The number of rotatable bonds is 4. The van der Waals surface area contributed by atoms with Crippen LogP contribution in [-0.4, -0.2) is 38.3 Å². The van der Waals surface area contributed by atoms with Crippen molar-refractivity contribution in [2.75, 3.05) is 32.2 Å². The van der Waals surface area contributed by atoms with E-state index in [1.165, 1.54) is 11.1 Å². The van der Waals surface area contributed by atoms with Gasteiger partial charge in [-0.25, -0.2) is 0 Å². The monoisotopic (exact) mass is 285 g/mol. The summed E-state index contributed by atoms with van der Waals surface area (Å²) in [7, 11) is 4.15. The Hall–Kier alpha value is -1.65. The van der Waals surface area contributed by atoms with Gasteiger partial charge in [0.1, 0.15) is 0 Å². The van der Waals surface area contributed by atoms with E-state index >= 15 is 0 Å². The van der Waals surface area contributed by atoms with Gasteiger partial charge in [0.25, 0.3) is 0 Å². The highest BCUT2D eigenvalue weighted by Crippen LogP contribution is 2.29. The van der Waals surface area contributed by atoms with Crippen LogP contribution in [0.25, 0.3) is 10.9 Å². The van der Waals surface area contributed by atoms with Crippen LogP contribution in [0.2, 0.25) is 0 Å². The summed E-state index contributed by atoms with van der Waals surface area (Å²) >= 11 is 0. The van der Waals surface area contributed by atoms with Crippen LogP contribution >= 0.6 is 0 Å². The van der Waals surface area contributed by atoms with Gasteiger partial charge in [-0.3, -0.25) is 4.98 Å². The van der Waals surface area contributed by atoms with Gasteiger partial charge in [0.2, 0.25) is 0 Å². The molecule has 0 atom stereocenters. The van der Waals surface area contributed by atoms with Crippen molar-refractivity contribution < 1.29 is 4.74 Å². The quantitative estimate of drug-likeness (QED) is 0.937. The van der Waals surface area contributed by atoms with Crippen LogP contribution in [0.4, 0.5) is 5.69 Å². The fraction of sp³-hybridized carbons (Fsp3) is 0.471. The standard InChI is InChI=1S/C17H23N3O/c1-18-12-13-11-17(15-5-3-4-6-16(15)19-13)20(2)14-7-9-21-10-8-14/h3-6,11,14,18H,7-10,12H2,1-2H3. The fourth-order valence-electron chi connectivity index (χ4n) is 3.04. The molecule has 4 nitrogen and oxygen atoms in total. The fourth-order valence-corrected chi connectivity index (χ4v) is 3.04. The smallest absolute Gasteiger partial charge is 0.0726 e. The summed E-state index contributed by atoms with van der Waals surface area (Å²) in [4.78, 5) is 7.15. The average Bonchev–Trinajstić information content (AvgIpc) is 2.54. The molecule has 1 aliphatic heterocycles. The Morgan fingerprint density at radius 1 is 1.29 bits per heavy atom. The van der Waals surface area contributed by atoms with Crippen molar-refractivity contribution in [3.8, 4) is 0 Å². The maximum atomic E-state index is 5.49. The number of ether oxygens (including phenoxy) is 1. The minimum atomic E-state index is 0.548. The lowest BCUT2D eigenvalue weighted by molar-refractivity contribution is 0.0855. The van der Waals surface area contributed by atoms with Gasteiger partial charge in [0.15, 0.2) is 0 Å². The van der Waals surface area contributed by atoms with Crippen molar-refractivity contribution in [3.05, 3.63) is 36.0 Å². The van der Waals surface area contributed by atoms with Crippen molar-refractivity contribution in [3.63, 3.8) is 0 Å². The first-order chi connectivity index (χ1) is 10.3. The molecule has 112 valence electrons. The summed E-state index contributed by atoms with van der Waals surface area (Å²) in [5, 5.41) is 4.42. The third kappa shape index (κ3) is 3.01. The van der Waals surface area contributed by atoms with Crippen LogP contribution in [-0.2, 0) is 11.3 Å². The maximum Gasteiger partial charge on any atom is 0.0726 e. The molecule has 4 heteroatoms. The number of nitrogens with one attached hydrogen (secondary N) is 1. The number of pyridine rings is 1. The molecule has 21 heavy (non-hydrogen) atoms. The van der Waals surface area contributed by atoms with E-state index in [1.807, 2.05) is 7.05 Å². The molecule has 0 saturated carbocycles. The van der Waals surface area contributed by atoms with Crippen LogP contribution in [0.5, 0.6) is 0 Å². The molecule has 1 fully saturated rings. The lowest BCUT2D eigenvalue weighted by Crippen LogP contribution is -2.36. The number of para-hydroxylation sites is 1. The highest BCUT2D eigenvalue weighted by Gasteiger charge is 2.20. The van der Waals surface area contributed by atoms with E-state index in [4.69, 9.17) is 9.72 Å². The molecule has 1 aromatic heterocycles. The zero-order valence-electron chi connectivity index (χ0n) is 12.8. The summed E-state index contributed by atoms with van der Waals surface area (Å²) in [6.07, 6.45) is 2.18. The highest BCUT2D eigenvalue weighted by molar-refractivity contribution is 5.92. The van der Waals surface area contributed by atoms with Crippen LogP contribution in [0.3, 0.4) is 0 Å². The van der Waals surface area contributed by atoms with E-state index in [0.717, 1.165) is 43.8 Å². The number of aromatic nitrogens is 1.